The molecule has 0 spiro atoms. The summed E-state index contributed by atoms with van der Waals surface area (Å²) in [5.41, 5.74) is 0.300. The predicted octanol–water partition coefficient (Wildman–Crippen LogP) is 1.64. The Labute approximate surface area is 118 Å². The zero-order valence-corrected chi connectivity index (χ0v) is 12.5. The molecule has 7 heteroatoms. The van der Waals surface area contributed by atoms with Gasteiger partial charge in [0.05, 0.1) is 6.61 Å². The van der Waals surface area contributed by atoms with Crippen molar-refractivity contribution in [1.82, 2.24) is 15.1 Å². The Morgan fingerprint density at radius 3 is 2.70 bits per heavy atom. The van der Waals surface area contributed by atoms with E-state index < -0.39 is 5.97 Å². The monoisotopic (exact) mass is 282 g/mol. The van der Waals surface area contributed by atoms with Gasteiger partial charge in [0.1, 0.15) is 5.56 Å². The lowest BCUT2D eigenvalue weighted by molar-refractivity contribution is 0.0527. The molecule has 1 aromatic rings. The standard InChI is InChI=1S/C13H22N4O3/c1-5-7-8-17-9-10(12(18)20-6-2)11(15-17)16(4)13(19)14-3/h9H,5-8H2,1-4H3,(H,14,19). The topological polar surface area (TPSA) is 76.5 Å². The highest BCUT2D eigenvalue weighted by molar-refractivity contribution is 6.00. The molecule has 1 N–H and O–H groups in total. The molecule has 7 nitrogen and oxygen atoms in total. The summed E-state index contributed by atoms with van der Waals surface area (Å²) >= 11 is 0. The SMILES string of the molecule is CCCCn1cc(C(=O)OCC)c(N(C)C(=O)NC)n1. The minimum absolute atomic E-state index is 0.280. The summed E-state index contributed by atoms with van der Waals surface area (Å²) in [6.45, 7) is 4.79. The number of unbranched alkanes of at least 4 members (excludes halogenated alkanes) is 1. The lowest BCUT2D eigenvalue weighted by Crippen LogP contribution is -2.36. The van der Waals surface area contributed by atoms with Gasteiger partial charge in [-0.15, -0.1) is 0 Å². The number of aromatic nitrogens is 2. The van der Waals surface area contributed by atoms with Gasteiger partial charge >= 0.3 is 12.0 Å². The smallest absolute Gasteiger partial charge is 0.343 e. The van der Waals surface area contributed by atoms with Gasteiger partial charge in [-0.1, -0.05) is 13.3 Å². The number of aryl methyl sites for hydroxylation is 1. The number of anilines is 1. The summed E-state index contributed by atoms with van der Waals surface area (Å²) in [4.78, 5) is 24.9. The first kappa shape index (κ1) is 16.0. The van der Waals surface area contributed by atoms with E-state index >= 15 is 0 Å². The lowest BCUT2D eigenvalue weighted by Gasteiger charge is -2.14. The van der Waals surface area contributed by atoms with Crippen molar-refractivity contribution in [3.63, 3.8) is 0 Å². The van der Waals surface area contributed by atoms with E-state index in [0.29, 0.717) is 17.9 Å². The van der Waals surface area contributed by atoms with E-state index in [-0.39, 0.29) is 12.6 Å². The fourth-order valence-electron chi connectivity index (χ4n) is 1.71. The number of nitrogens with zero attached hydrogens (tertiary/aromatic N) is 3. The Morgan fingerprint density at radius 1 is 1.45 bits per heavy atom. The van der Waals surface area contributed by atoms with Gasteiger partial charge in [-0.3, -0.25) is 9.58 Å². The number of carbonyl (C=O) groups excluding carboxylic acids is 2. The normalized spacial score (nSPS) is 10.2. The fourth-order valence-corrected chi connectivity index (χ4v) is 1.71. The molecule has 0 aromatic carbocycles. The molecule has 0 saturated heterocycles. The van der Waals surface area contributed by atoms with Crippen LogP contribution in [0.2, 0.25) is 0 Å². The lowest BCUT2D eigenvalue weighted by atomic mass is 10.3. The first-order valence-corrected chi connectivity index (χ1v) is 6.75. The largest absolute Gasteiger partial charge is 0.462 e. The maximum absolute atomic E-state index is 11.9. The van der Waals surface area contributed by atoms with Gasteiger partial charge < -0.3 is 10.1 Å². The minimum Gasteiger partial charge on any atom is -0.462 e. The van der Waals surface area contributed by atoms with Crippen LogP contribution in [0.25, 0.3) is 0 Å². The van der Waals surface area contributed by atoms with Crippen LogP contribution in [-0.4, -0.2) is 42.5 Å². The van der Waals surface area contributed by atoms with Gasteiger partial charge in [0.25, 0.3) is 0 Å². The minimum atomic E-state index is -0.471. The highest BCUT2D eigenvalue weighted by atomic mass is 16.5. The number of esters is 1. The van der Waals surface area contributed by atoms with Crippen LogP contribution in [0, 0.1) is 0 Å². The summed E-state index contributed by atoms with van der Waals surface area (Å²) < 4.78 is 6.67. The number of amides is 2. The molecule has 1 heterocycles. The first-order chi connectivity index (χ1) is 9.54. The van der Waals surface area contributed by atoms with Gasteiger partial charge in [0.2, 0.25) is 0 Å². The fraction of sp³-hybridized carbons (Fsp3) is 0.615. The predicted molar refractivity (Wildman–Crippen MR) is 76.0 cm³/mol. The molecular formula is C13H22N4O3. The molecular weight excluding hydrogens is 260 g/mol. The Morgan fingerprint density at radius 2 is 2.15 bits per heavy atom. The molecule has 0 bridgehead atoms. The van der Waals surface area contributed by atoms with E-state index in [1.807, 2.05) is 0 Å². The van der Waals surface area contributed by atoms with Crippen LogP contribution in [0.5, 0.6) is 0 Å². The third kappa shape index (κ3) is 3.72. The van der Waals surface area contributed by atoms with E-state index in [9.17, 15) is 9.59 Å². The van der Waals surface area contributed by atoms with E-state index in [1.165, 1.54) is 11.9 Å². The highest BCUT2D eigenvalue weighted by Gasteiger charge is 2.23. The number of carbonyl (C=O) groups is 2. The second-order valence-corrected chi connectivity index (χ2v) is 4.32. The number of urea groups is 1. The van der Waals surface area contributed by atoms with Crippen molar-refractivity contribution in [2.24, 2.45) is 0 Å². The third-order valence-electron chi connectivity index (χ3n) is 2.81. The number of ether oxygens (including phenoxy) is 1. The Balaban J connectivity index is 3.07. The Bertz CT molecular complexity index is 470. The van der Waals surface area contributed by atoms with Crippen LogP contribution in [0.4, 0.5) is 10.6 Å². The molecule has 0 fully saturated rings. The van der Waals surface area contributed by atoms with Gasteiger partial charge in [0, 0.05) is 26.8 Å². The number of hydrogen-bond donors (Lipinski definition) is 1. The average Bonchev–Trinajstić information content (AvgIpc) is 2.87. The molecule has 0 aliphatic carbocycles. The zero-order chi connectivity index (χ0) is 15.1. The van der Waals surface area contributed by atoms with Crippen LogP contribution >= 0.6 is 0 Å². The van der Waals surface area contributed by atoms with Crippen LogP contribution in [-0.2, 0) is 11.3 Å². The van der Waals surface area contributed by atoms with Crippen molar-refractivity contribution < 1.29 is 14.3 Å². The maximum atomic E-state index is 11.9. The number of rotatable bonds is 6. The first-order valence-electron chi connectivity index (χ1n) is 6.75. The summed E-state index contributed by atoms with van der Waals surface area (Å²) in [6, 6.07) is -0.337. The summed E-state index contributed by atoms with van der Waals surface area (Å²) in [6.07, 6.45) is 3.60. The highest BCUT2D eigenvalue weighted by Crippen LogP contribution is 2.19. The van der Waals surface area contributed by atoms with Crippen LogP contribution < -0.4 is 10.2 Å². The van der Waals surface area contributed by atoms with Gasteiger partial charge in [0.15, 0.2) is 5.82 Å². The second kappa shape index (κ2) is 7.52. The van der Waals surface area contributed by atoms with Crippen LogP contribution in [0.1, 0.15) is 37.0 Å². The molecule has 0 radical (unpaired) electrons. The van der Waals surface area contributed by atoms with Gasteiger partial charge in [-0.25, -0.2) is 9.59 Å². The molecule has 0 atom stereocenters. The van der Waals surface area contributed by atoms with E-state index in [4.69, 9.17) is 4.74 Å². The maximum Gasteiger partial charge on any atom is 0.343 e. The molecule has 2 amide bonds. The van der Waals surface area contributed by atoms with Crippen molar-refractivity contribution in [1.29, 1.82) is 0 Å². The van der Waals surface area contributed by atoms with Gasteiger partial charge in [-0.2, -0.15) is 5.10 Å². The van der Waals surface area contributed by atoms with E-state index in [0.717, 1.165) is 12.8 Å². The molecule has 112 valence electrons. The van der Waals surface area contributed by atoms with E-state index in [2.05, 4.69) is 17.3 Å². The number of hydrogen-bond acceptors (Lipinski definition) is 4. The molecule has 0 saturated carbocycles. The summed E-state index contributed by atoms with van der Waals surface area (Å²) in [5.74, 6) is -0.167. The van der Waals surface area contributed by atoms with Crippen molar-refractivity contribution in [3.8, 4) is 0 Å². The van der Waals surface area contributed by atoms with Crippen LogP contribution in [0.3, 0.4) is 0 Å². The molecule has 20 heavy (non-hydrogen) atoms. The quantitative estimate of drug-likeness (QED) is 0.805. The van der Waals surface area contributed by atoms with Crippen molar-refractivity contribution in [3.05, 3.63) is 11.8 Å². The van der Waals surface area contributed by atoms with Crippen LogP contribution in [0.15, 0.2) is 6.20 Å². The molecule has 0 unspecified atom stereocenters. The van der Waals surface area contributed by atoms with Crippen molar-refractivity contribution in [2.75, 3.05) is 25.6 Å². The molecule has 0 aliphatic rings. The summed E-state index contributed by atoms with van der Waals surface area (Å²) in [5, 5.41) is 6.80. The second-order valence-electron chi connectivity index (χ2n) is 4.32. The molecule has 0 aliphatic heterocycles. The Hall–Kier alpha value is -2.05. The average molecular weight is 282 g/mol. The van der Waals surface area contributed by atoms with Crippen molar-refractivity contribution >= 4 is 17.8 Å². The zero-order valence-electron chi connectivity index (χ0n) is 12.5. The van der Waals surface area contributed by atoms with E-state index in [1.54, 1.807) is 24.9 Å². The van der Waals surface area contributed by atoms with Gasteiger partial charge in [-0.05, 0) is 13.3 Å². The molecule has 1 aromatic heterocycles. The van der Waals surface area contributed by atoms with Crippen molar-refractivity contribution in [2.45, 2.75) is 33.2 Å². The third-order valence-corrected chi connectivity index (χ3v) is 2.81. The molecule has 1 rings (SSSR count). The Kier molecular flexibility index (Phi) is 6.02. The summed E-state index contributed by atoms with van der Waals surface area (Å²) in [7, 11) is 3.09. The number of nitrogens with one attached hydrogen (secondary N) is 1.